The van der Waals surface area contributed by atoms with E-state index in [4.69, 9.17) is 0 Å². The van der Waals surface area contributed by atoms with Crippen molar-refractivity contribution in [1.29, 1.82) is 0 Å². The summed E-state index contributed by atoms with van der Waals surface area (Å²) >= 11 is 1.56. The molecule has 30 heavy (non-hydrogen) atoms. The fraction of sp³-hybridized carbons (Fsp3) is 0.609. The lowest BCUT2D eigenvalue weighted by Crippen LogP contribution is -2.45. The Morgan fingerprint density at radius 3 is 2.70 bits per heavy atom. The smallest absolute Gasteiger partial charge is 0.244 e. The van der Waals surface area contributed by atoms with Crippen LogP contribution in [0.1, 0.15) is 39.5 Å². The molecule has 0 spiro atoms. The van der Waals surface area contributed by atoms with Gasteiger partial charge in [0.15, 0.2) is 0 Å². The van der Waals surface area contributed by atoms with E-state index < -0.39 is 0 Å². The van der Waals surface area contributed by atoms with Gasteiger partial charge in [0.05, 0.1) is 18.2 Å². The summed E-state index contributed by atoms with van der Waals surface area (Å²) in [4.78, 5) is 42.4. The number of amides is 3. The van der Waals surface area contributed by atoms with Crippen LogP contribution in [0.2, 0.25) is 0 Å². The summed E-state index contributed by atoms with van der Waals surface area (Å²) in [7, 11) is 1.64. The zero-order chi connectivity index (χ0) is 21.8. The Labute approximate surface area is 183 Å². The fourth-order valence-corrected chi connectivity index (χ4v) is 5.31. The van der Waals surface area contributed by atoms with Crippen LogP contribution in [0.25, 0.3) is 0 Å². The van der Waals surface area contributed by atoms with E-state index in [1.165, 1.54) is 11.3 Å². The first-order valence-electron chi connectivity index (χ1n) is 10.8. The number of para-hydroxylation sites is 1. The Kier molecular flexibility index (Phi) is 7.45. The highest BCUT2D eigenvalue weighted by Gasteiger charge is 2.42. The maximum absolute atomic E-state index is 12.9. The van der Waals surface area contributed by atoms with Crippen LogP contribution in [0.5, 0.6) is 0 Å². The number of nitrogens with zero attached hydrogens (tertiary/aromatic N) is 2. The third-order valence-corrected chi connectivity index (χ3v) is 7.51. The van der Waals surface area contributed by atoms with Gasteiger partial charge in [-0.1, -0.05) is 38.8 Å². The van der Waals surface area contributed by atoms with E-state index in [1.54, 1.807) is 18.8 Å². The average molecular weight is 432 g/mol. The molecule has 1 aliphatic carbocycles. The molecule has 6 nitrogen and oxygen atoms in total. The van der Waals surface area contributed by atoms with Gasteiger partial charge in [0, 0.05) is 31.0 Å². The van der Waals surface area contributed by atoms with Crippen LogP contribution >= 0.6 is 11.8 Å². The van der Waals surface area contributed by atoms with Crippen molar-refractivity contribution in [3.8, 4) is 0 Å². The van der Waals surface area contributed by atoms with Gasteiger partial charge in [0.25, 0.3) is 0 Å². The number of anilines is 1. The number of hydrogen-bond acceptors (Lipinski definition) is 4. The molecule has 1 saturated heterocycles. The molecule has 1 aromatic rings. The van der Waals surface area contributed by atoms with E-state index in [0.29, 0.717) is 18.4 Å². The summed E-state index contributed by atoms with van der Waals surface area (Å²) in [5, 5.41) is 2.89. The first-order valence-corrected chi connectivity index (χ1v) is 12.0. The molecule has 7 heteroatoms. The van der Waals surface area contributed by atoms with Crippen molar-refractivity contribution < 1.29 is 14.4 Å². The number of carbonyl (C=O) groups excluding carboxylic acids is 3. The van der Waals surface area contributed by atoms with Crippen LogP contribution in [-0.2, 0) is 14.4 Å². The predicted molar refractivity (Wildman–Crippen MR) is 120 cm³/mol. The maximum Gasteiger partial charge on any atom is 0.244 e. The second-order valence-electron chi connectivity index (χ2n) is 8.72. The second kappa shape index (κ2) is 9.86. The molecule has 2 aliphatic rings. The standard InChI is InChI=1S/C23H33N3O3S/c1-15-8-7-10-19(16(15)2)26-13-17(12-22(26)28)23(29)25(3)14-21(27)24-18-9-5-6-11-20(18)30-4/h5-6,9,11,15-17,19H,7-8,10,12-14H2,1-4H3,(H,24,27)/t15-,16+,17-,19-/m1/s1. The summed E-state index contributed by atoms with van der Waals surface area (Å²) < 4.78 is 0. The highest BCUT2D eigenvalue weighted by molar-refractivity contribution is 7.98. The third-order valence-electron chi connectivity index (χ3n) is 6.71. The highest BCUT2D eigenvalue weighted by atomic mass is 32.2. The molecule has 1 saturated carbocycles. The van der Waals surface area contributed by atoms with Gasteiger partial charge in [-0.15, -0.1) is 11.8 Å². The number of nitrogens with one attached hydrogen (secondary N) is 1. The van der Waals surface area contributed by atoms with Crippen molar-refractivity contribution in [2.24, 2.45) is 17.8 Å². The van der Waals surface area contributed by atoms with Crippen molar-refractivity contribution in [3.63, 3.8) is 0 Å². The summed E-state index contributed by atoms with van der Waals surface area (Å²) in [5.41, 5.74) is 0.749. The number of rotatable bonds is 6. The van der Waals surface area contributed by atoms with Crippen LogP contribution < -0.4 is 5.32 Å². The number of hydrogen-bond donors (Lipinski definition) is 1. The summed E-state index contributed by atoms with van der Waals surface area (Å²) in [6.07, 6.45) is 5.57. The highest BCUT2D eigenvalue weighted by Crippen LogP contribution is 2.36. The molecule has 1 heterocycles. The molecule has 1 aromatic carbocycles. The maximum atomic E-state index is 12.9. The molecule has 0 unspecified atom stereocenters. The lowest BCUT2D eigenvalue weighted by atomic mass is 9.77. The van der Waals surface area contributed by atoms with Crippen molar-refractivity contribution >= 4 is 35.2 Å². The van der Waals surface area contributed by atoms with Gasteiger partial charge in [0.2, 0.25) is 17.7 Å². The Hall–Kier alpha value is -2.02. The molecular formula is C23H33N3O3S. The fourth-order valence-electron chi connectivity index (χ4n) is 4.75. The first kappa shape index (κ1) is 22.7. The predicted octanol–water partition coefficient (Wildman–Crippen LogP) is 3.48. The Morgan fingerprint density at radius 2 is 1.97 bits per heavy atom. The van der Waals surface area contributed by atoms with Crippen LogP contribution in [0, 0.1) is 17.8 Å². The SMILES string of the molecule is CSc1ccccc1NC(=O)CN(C)C(=O)[C@@H]1CC(=O)N([C@@H]2CCC[C@@H](C)[C@@H]2C)C1. The first-order chi connectivity index (χ1) is 14.3. The lowest BCUT2D eigenvalue weighted by molar-refractivity contribution is -0.137. The zero-order valence-corrected chi connectivity index (χ0v) is 19.2. The minimum atomic E-state index is -0.363. The van der Waals surface area contributed by atoms with E-state index in [-0.39, 0.29) is 42.6 Å². The van der Waals surface area contributed by atoms with Gasteiger partial charge in [-0.2, -0.15) is 0 Å². The molecule has 0 aromatic heterocycles. The van der Waals surface area contributed by atoms with Crippen molar-refractivity contribution in [2.75, 3.05) is 31.7 Å². The average Bonchev–Trinajstić information content (AvgIpc) is 3.11. The molecule has 164 valence electrons. The molecule has 0 bridgehead atoms. The number of likely N-dealkylation sites (tertiary alicyclic amines) is 1. The minimum Gasteiger partial charge on any atom is -0.339 e. The van der Waals surface area contributed by atoms with Crippen molar-refractivity contribution in [2.45, 2.75) is 50.5 Å². The van der Waals surface area contributed by atoms with E-state index in [0.717, 1.165) is 23.4 Å². The number of likely N-dealkylation sites (N-methyl/N-ethyl adjacent to an activating group) is 1. The van der Waals surface area contributed by atoms with Gasteiger partial charge in [0.1, 0.15) is 0 Å². The van der Waals surface area contributed by atoms with Crippen LogP contribution in [0.15, 0.2) is 29.2 Å². The molecule has 4 atom stereocenters. The largest absolute Gasteiger partial charge is 0.339 e. The topological polar surface area (TPSA) is 69.7 Å². The number of carbonyl (C=O) groups is 3. The third kappa shape index (κ3) is 4.99. The molecule has 1 aliphatic heterocycles. The molecule has 2 fully saturated rings. The molecule has 3 rings (SSSR count). The van der Waals surface area contributed by atoms with Crippen LogP contribution in [0.4, 0.5) is 5.69 Å². The minimum absolute atomic E-state index is 0.0247. The normalized spacial score (nSPS) is 26.5. The van der Waals surface area contributed by atoms with Gasteiger partial charge >= 0.3 is 0 Å². The van der Waals surface area contributed by atoms with E-state index in [9.17, 15) is 14.4 Å². The van der Waals surface area contributed by atoms with E-state index in [2.05, 4.69) is 19.2 Å². The second-order valence-corrected chi connectivity index (χ2v) is 9.57. The summed E-state index contributed by atoms with van der Waals surface area (Å²) in [6.45, 7) is 4.92. The number of benzene rings is 1. The zero-order valence-electron chi connectivity index (χ0n) is 18.4. The van der Waals surface area contributed by atoms with Gasteiger partial charge in [-0.3, -0.25) is 14.4 Å². The van der Waals surface area contributed by atoms with Crippen LogP contribution in [0.3, 0.4) is 0 Å². The Bertz CT molecular complexity index is 800. The molecular weight excluding hydrogens is 398 g/mol. The number of thioether (sulfide) groups is 1. The van der Waals surface area contributed by atoms with E-state index in [1.807, 2.05) is 35.4 Å². The van der Waals surface area contributed by atoms with E-state index >= 15 is 0 Å². The van der Waals surface area contributed by atoms with Crippen molar-refractivity contribution in [3.05, 3.63) is 24.3 Å². The Balaban J connectivity index is 1.57. The van der Waals surface area contributed by atoms with Crippen LogP contribution in [-0.4, -0.2) is 60.0 Å². The summed E-state index contributed by atoms with van der Waals surface area (Å²) in [5.74, 6) is 0.404. The Morgan fingerprint density at radius 1 is 1.23 bits per heavy atom. The van der Waals surface area contributed by atoms with Gasteiger partial charge < -0.3 is 15.1 Å². The molecule has 1 N–H and O–H groups in total. The summed E-state index contributed by atoms with van der Waals surface area (Å²) in [6, 6.07) is 7.83. The van der Waals surface area contributed by atoms with Gasteiger partial charge in [-0.25, -0.2) is 0 Å². The quantitative estimate of drug-likeness (QED) is 0.700. The lowest BCUT2D eigenvalue weighted by Gasteiger charge is -2.40. The monoisotopic (exact) mass is 431 g/mol. The molecule has 3 amide bonds. The molecule has 0 radical (unpaired) electrons. The van der Waals surface area contributed by atoms with Gasteiger partial charge in [-0.05, 0) is 36.6 Å². The van der Waals surface area contributed by atoms with Crippen molar-refractivity contribution in [1.82, 2.24) is 9.80 Å².